The molecule has 3 aromatic rings. The number of hydrogen-bond donors (Lipinski definition) is 0. The fraction of sp³-hybridized carbons (Fsp3) is 0.424. The van der Waals surface area contributed by atoms with Gasteiger partial charge in [-0.3, -0.25) is 9.59 Å². The minimum Gasteiger partial charge on any atom is -0.462 e. The zero-order chi connectivity index (χ0) is 31.7. The SMILES string of the molecule is C=CC(=O)N1CCN(c2nc(OC[C@@H]3CCCN3C)nc3c2N(C)CCN(c2cccc4cccc(Cl)c24)C3=O)C[C@@H]1CC#N. The maximum absolute atomic E-state index is 14.6. The van der Waals surface area contributed by atoms with Crippen molar-refractivity contribution >= 4 is 51.4 Å². The van der Waals surface area contributed by atoms with Crippen molar-refractivity contribution in [3.63, 3.8) is 0 Å². The van der Waals surface area contributed by atoms with Crippen LogP contribution < -0.4 is 19.4 Å². The molecule has 2 fully saturated rings. The summed E-state index contributed by atoms with van der Waals surface area (Å²) in [4.78, 5) is 46.6. The number of halogens is 1. The van der Waals surface area contributed by atoms with Crippen LogP contribution in [0.5, 0.6) is 6.01 Å². The third kappa shape index (κ3) is 5.88. The number of carbonyl (C=O) groups excluding carboxylic acids is 2. The molecular formula is C33H37ClN8O3. The molecule has 0 unspecified atom stereocenters. The predicted octanol–water partition coefficient (Wildman–Crippen LogP) is 3.97. The summed E-state index contributed by atoms with van der Waals surface area (Å²) in [5, 5.41) is 11.9. The van der Waals surface area contributed by atoms with Gasteiger partial charge in [-0.25, -0.2) is 0 Å². The molecular weight excluding hydrogens is 592 g/mol. The first kappa shape index (κ1) is 30.6. The average molecular weight is 629 g/mol. The number of ether oxygens (including phenoxy) is 1. The Bertz CT molecular complexity index is 1670. The van der Waals surface area contributed by atoms with Crippen LogP contribution in [0.25, 0.3) is 10.8 Å². The summed E-state index contributed by atoms with van der Waals surface area (Å²) in [6, 6.07) is 13.7. The lowest BCUT2D eigenvalue weighted by molar-refractivity contribution is -0.128. The van der Waals surface area contributed by atoms with Crippen LogP contribution in [0, 0.1) is 11.3 Å². The number of benzene rings is 2. The minimum absolute atomic E-state index is 0.130. The number of amides is 2. The number of hydrogen-bond acceptors (Lipinski definition) is 9. The summed E-state index contributed by atoms with van der Waals surface area (Å²) in [5.74, 6) is 0.0668. The number of aromatic nitrogens is 2. The van der Waals surface area contributed by atoms with Crippen LogP contribution in [-0.2, 0) is 4.79 Å². The second-order valence-corrected chi connectivity index (χ2v) is 12.2. The van der Waals surface area contributed by atoms with Crippen molar-refractivity contribution < 1.29 is 14.3 Å². The Morgan fingerprint density at radius 2 is 1.91 bits per heavy atom. The van der Waals surface area contributed by atoms with Gasteiger partial charge in [0.2, 0.25) is 5.91 Å². The van der Waals surface area contributed by atoms with E-state index in [9.17, 15) is 14.9 Å². The van der Waals surface area contributed by atoms with E-state index in [0.29, 0.717) is 61.5 Å². The van der Waals surface area contributed by atoms with Crippen LogP contribution in [0.3, 0.4) is 0 Å². The summed E-state index contributed by atoms with van der Waals surface area (Å²) in [6.45, 7) is 7.17. The molecule has 0 spiro atoms. The molecule has 3 aliphatic rings. The summed E-state index contributed by atoms with van der Waals surface area (Å²) < 4.78 is 6.23. The first-order valence-electron chi connectivity index (χ1n) is 15.3. The molecule has 1 aromatic heterocycles. The number of anilines is 3. The van der Waals surface area contributed by atoms with Gasteiger partial charge in [0.15, 0.2) is 11.5 Å². The molecule has 0 aliphatic carbocycles. The lowest BCUT2D eigenvalue weighted by atomic mass is 10.1. The standard InChI is InChI=1S/C33H37ClN8O3/c1-4-27(43)41-19-17-40(20-23(41)13-14-35)31-30-29(36-33(37-31)45-21-24-10-7-15-38(24)2)32(44)42(18-16-39(30)3)26-12-6-9-22-8-5-11-25(34)28(22)26/h4-6,8-9,11-12,23-24H,1,7,10,13,15-21H2,2-3H3/t23-,24-/m0/s1. The second-order valence-electron chi connectivity index (χ2n) is 11.8. The van der Waals surface area contributed by atoms with E-state index in [1.54, 1.807) is 9.80 Å². The van der Waals surface area contributed by atoms with Crippen molar-refractivity contribution in [1.82, 2.24) is 19.8 Å². The van der Waals surface area contributed by atoms with Gasteiger partial charge in [0, 0.05) is 51.2 Å². The van der Waals surface area contributed by atoms with Crippen molar-refractivity contribution in [2.24, 2.45) is 0 Å². The smallest absolute Gasteiger partial charge is 0.319 e. The summed E-state index contributed by atoms with van der Waals surface area (Å²) in [7, 11) is 4.01. The molecule has 0 radical (unpaired) electrons. The van der Waals surface area contributed by atoms with Gasteiger partial charge >= 0.3 is 6.01 Å². The van der Waals surface area contributed by atoms with Crippen LogP contribution in [0.15, 0.2) is 49.1 Å². The molecule has 6 rings (SSSR count). The van der Waals surface area contributed by atoms with Gasteiger partial charge in [-0.2, -0.15) is 15.2 Å². The summed E-state index contributed by atoms with van der Waals surface area (Å²) in [5.41, 5.74) is 1.55. The van der Waals surface area contributed by atoms with E-state index in [2.05, 4.69) is 24.6 Å². The molecule has 3 aliphatic heterocycles. The van der Waals surface area contributed by atoms with Crippen LogP contribution in [-0.4, -0.2) is 104 Å². The molecule has 2 atom stereocenters. The van der Waals surface area contributed by atoms with Gasteiger partial charge in [-0.1, -0.05) is 42.4 Å². The van der Waals surface area contributed by atoms with Gasteiger partial charge in [0.05, 0.1) is 29.2 Å². The number of fused-ring (bicyclic) bond motifs is 2. The highest BCUT2D eigenvalue weighted by molar-refractivity contribution is 6.37. The Balaban J connectivity index is 1.43. The highest BCUT2D eigenvalue weighted by Gasteiger charge is 2.37. The maximum Gasteiger partial charge on any atom is 0.319 e. The third-order valence-electron chi connectivity index (χ3n) is 9.10. The van der Waals surface area contributed by atoms with E-state index in [0.717, 1.165) is 30.2 Å². The van der Waals surface area contributed by atoms with E-state index in [1.807, 2.05) is 53.2 Å². The predicted molar refractivity (Wildman–Crippen MR) is 175 cm³/mol. The Hall–Kier alpha value is -4.40. The summed E-state index contributed by atoms with van der Waals surface area (Å²) >= 11 is 6.69. The van der Waals surface area contributed by atoms with Crippen LogP contribution in [0.1, 0.15) is 29.8 Å². The fourth-order valence-electron chi connectivity index (χ4n) is 6.63. The number of likely N-dealkylation sites (tertiary alicyclic amines) is 1. The quantitative estimate of drug-likeness (QED) is 0.359. The Morgan fingerprint density at radius 3 is 2.64 bits per heavy atom. The number of likely N-dealkylation sites (N-methyl/N-ethyl adjacent to an activating group) is 2. The number of carbonyl (C=O) groups is 2. The lowest BCUT2D eigenvalue weighted by Crippen LogP contribution is -2.55. The monoisotopic (exact) mass is 628 g/mol. The highest BCUT2D eigenvalue weighted by Crippen LogP contribution is 2.39. The van der Waals surface area contributed by atoms with Crippen molar-refractivity contribution in [3.8, 4) is 12.1 Å². The molecule has 2 aromatic carbocycles. The van der Waals surface area contributed by atoms with Gasteiger partial charge < -0.3 is 29.2 Å². The number of rotatable bonds is 7. The van der Waals surface area contributed by atoms with E-state index < -0.39 is 0 Å². The zero-order valence-corrected chi connectivity index (χ0v) is 26.4. The van der Waals surface area contributed by atoms with Gasteiger partial charge in [-0.05, 0) is 50.0 Å². The van der Waals surface area contributed by atoms with Gasteiger partial charge in [-0.15, -0.1) is 0 Å². The molecule has 4 heterocycles. The minimum atomic E-state index is -0.363. The third-order valence-corrected chi connectivity index (χ3v) is 9.41. The number of nitriles is 1. The molecule has 2 amide bonds. The normalized spacial score (nSPS) is 20.6. The Labute approximate surface area is 268 Å². The molecule has 234 valence electrons. The molecule has 0 N–H and O–H groups in total. The number of nitrogens with zero attached hydrogens (tertiary/aromatic N) is 8. The fourth-order valence-corrected chi connectivity index (χ4v) is 6.91. The van der Waals surface area contributed by atoms with Crippen LogP contribution in [0.4, 0.5) is 17.2 Å². The van der Waals surface area contributed by atoms with Crippen molar-refractivity contribution in [2.45, 2.75) is 31.3 Å². The summed E-state index contributed by atoms with van der Waals surface area (Å²) in [6.07, 6.45) is 3.55. The van der Waals surface area contributed by atoms with E-state index >= 15 is 0 Å². The van der Waals surface area contributed by atoms with E-state index in [-0.39, 0.29) is 42.0 Å². The number of piperazine rings is 1. The molecule has 0 bridgehead atoms. The van der Waals surface area contributed by atoms with Crippen LogP contribution in [0.2, 0.25) is 5.02 Å². The van der Waals surface area contributed by atoms with Crippen molar-refractivity contribution in [2.75, 3.05) is 74.7 Å². The first-order chi connectivity index (χ1) is 21.8. The van der Waals surface area contributed by atoms with E-state index in [4.69, 9.17) is 26.3 Å². The van der Waals surface area contributed by atoms with Gasteiger partial charge in [0.25, 0.3) is 5.91 Å². The highest BCUT2D eigenvalue weighted by atomic mass is 35.5. The van der Waals surface area contributed by atoms with Crippen molar-refractivity contribution in [3.05, 3.63) is 59.8 Å². The lowest BCUT2D eigenvalue weighted by Gasteiger charge is -2.41. The van der Waals surface area contributed by atoms with Crippen molar-refractivity contribution in [1.29, 1.82) is 5.26 Å². The Kier molecular flexibility index (Phi) is 8.79. The molecule has 0 saturated carbocycles. The molecule has 45 heavy (non-hydrogen) atoms. The topological polar surface area (TPSA) is 109 Å². The average Bonchev–Trinajstić information content (AvgIpc) is 3.42. The molecule has 11 nitrogen and oxygen atoms in total. The largest absolute Gasteiger partial charge is 0.462 e. The first-order valence-corrected chi connectivity index (χ1v) is 15.7. The maximum atomic E-state index is 14.6. The second kappa shape index (κ2) is 12.9. The molecule has 12 heteroatoms. The molecule has 2 saturated heterocycles. The van der Waals surface area contributed by atoms with E-state index in [1.165, 1.54) is 6.08 Å². The van der Waals surface area contributed by atoms with Gasteiger partial charge in [0.1, 0.15) is 12.3 Å². The Morgan fingerprint density at radius 1 is 1.11 bits per heavy atom. The zero-order valence-electron chi connectivity index (χ0n) is 25.7. The van der Waals surface area contributed by atoms with Crippen LogP contribution >= 0.6 is 11.6 Å².